The third-order valence-electron chi connectivity index (χ3n) is 13.9. The zero-order valence-corrected chi connectivity index (χ0v) is 36.5. The Bertz CT molecular complexity index is 1250. The number of aliphatic hydroxyl groups is 5. The molecule has 328 valence electrons. The number of nitrogens with zero attached hydrogens (tertiary/aromatic N) is 1. The van der Waals surface area contributed by atoms with E-state index in [1.807, 2.05) is 46.7 Å². The van der Waals surface area contributed by atoms with Gasteiger partial charge in [-0.3, -0.25) is 4.79 Å². The fourth-order valence-corrected chi connectivity index (χ4v) is 10.3. The lowest BCUT2D eigenvalue weighted by Gasteiger charge is -2.50. The maximum Gasteiger partial charge on any atom is 0.311 e. The van der Waals surface area contributed by atoms with Gasteiger partial charge in [-0.1, -0.05) is 40.5 Å². The first kappa shape index (κ1) is 47.7. The number of likely N-dealkylation sites (N-methyl/N-ethyl adjacent to an activating group) is 1. The van der Waals surface area contributed by atoms with Crippen LogP contribution in [0.15, 0.2) is 0 Å². The van der Waals surface area contributed by atoms with E-state index in [1.54, 1.807) is 34.6 Å². The number of esters is 1. The highest BCUT2D eigenvalue weighted by Crippen LogP contribution is 2.41. The van der Waals surface area contributed by atoms with Gasteiger partial charge in [0.2, 0.25) is 0 Å². The Morgan fingerprint density at radius 3 is 2.09 bits per heavy atom. The number of hydrogen-bond donors (Lipinski definition) is 6. The monoisotopic (exact) mass is 803 g/mol. The van der Waals surface area contributed by atoms with Crippen molar-refractivity contribution in [3.05, 3.63) is 0 Å². The number of hydrogen-bond acceptors (Lipinski definition) is 14. The number of carbonyl (C=O) groups excluding carboxylic acids is 1. The Morgan fingerprint density at radius 2 is 1.52 bits per heavy atom. The normalized spacial score (nSPS) is 49.4. The molecule has 3 aliphatic heterocycles. The molecule has 56 heavy (non-hydrogen) atoms. The zero-order chi connectivity index (χ0) is 42.1. The molecule has 4 aliphatic rings. The molecule has 0 aromatic heterocycles. The smallest absolute Gasteiger partial charge is 0.311 e. The Kier molecular flexibility index (Phi) is 16.3. The molecule has 0 aromatic carbocycles. The van der Waals surface area contributed by atoms with Crippen molar-refractivity contribution in [2.75, 3.05) is 21.2 Å². The molecule has 14 nitrogen and oxygen atoms in total. The maximum atomic E-state index is 14.4. The number of ether oxygens (including phenoxy) is 6. The molecule has 0 spiro atoms. The Morgan fingerprint density at radius 1 is 0.893 bits per heavy atom. The second-order valence-electron chi connectivity index (χ2n) is 18.9. The van der Waals surface area contributed by atoms with E-state index in [-0.39, 0.29) is 49.4 Å². The largest absolute Gasteiger partial charge is 0.459 e. The molecule has 3 saturated heterocycles. The van der Waals surface area contributed by atoms with Crippen molar-refractivity contribution in [2.24, 2.45) is 23.7 Å². The van der Waals surface area contributed by atoms with Crippen LogP contribution in [0.2, 0.25) is 0 Å². The van der Waals surface area contributed by atoms with Gasteiger partial charge in [0.15, 0.2) is 12.6 Å². The van der Waals surface area contributed by atoms with Crippen molar-refractivity contribution in [2.45, 2.75) is 217 Å². The van der Waals surface area contributed by atoms with Crippen LogP contribution in [0.25, 0.3) is 0 Å². The SMILES string of the molecule is CCC1OC(=O)[C@H](C)C(O[C@H]2C[C@@](C)(OC)[C@@H](O)[C@H](C)O2)[C@H](C)[C@@H](O[C@@H]2O[C@H](C)C[C@H](N(C)C)[C@H]2O)[C@](C)(O)C[C@@H](C)[C@H](NC2CCCC2)[C@H](C)[C@@H](O)[C@]1(C)O. The molecular formula is C42H78N2O12. The van der Waals surface area contributed by atoms with E-state index in [2.05, 4.69) is 5.32 Å². The predicted molar refractivity (Wildman–Crippen MR) is 210 cm³/mol. The number of aliphatic hydroxyl groups excluding tert-OH is 3. The molecular weight excluding hydrogens is 724 g/mol. The number of methoxy groups -OCH3 is 1. The summed E-state index contributed by atoms with van der Waals surface area (Å²) < 4.78 is 38.0. The van der Waals surface area contributed by atoms with E-state index in [4.69, 9.17) is 28.4 Å². The summed E-state index contributed by atoms with van der Waals surface area (Å²) in [4.78, 5) is 16.3. The summed E-state index contributed by atoms with van der Waals surface area (Å²) in [6, 6.07) is -0.424. The number of rotatable bonds is 9. The van der Waals surface area contributed by atoms with Gasteiger partial charge in [-0.2, -0.15) is 0 Å². The summed E-state index contributed by atoms with van der Waals surface area (Å²) in [7, 11) is 5.31. The summed E-state index contributed by atoms with van der Waals surface area (Å²) in [5.74, 6) is -3.21. The van der Waals surface area contributed by atoms with Crippen molar-refractivity contribution >= 4 is 5.97 Å². The van der Waals surface area contributed by atoms with Gasteiger partial charge in [-0.25, -0.2) is 0 Å². The molecule has 1 aliphatic carbocycles. The van der Waals surface area contributed by atoms with Gasteiger partial charge in [0.1, 0.15) is 23.9 Å². The van der Waals surface area contributed by atoms with Crippen LogP contribution in [0.1, 0.15) is 121 Å². The number of cyclic esters (lactones) is 1. The fourth-order valence-electron chi connectivity index (χ4n) is 10.3. The molecule has 19 atom stereocenters. The molecule has 0 amide bonds. The van der Waals surface area contributed by atoms with Crippen molar-refractivity contribution < 1.29 is 58.7 Å². The highest BCUT2D eigenvalue weighted by atomic mass is 16.7. The van der Waals surface area contributed by atoms with E-state index < -0.39 is 95.8 Å². The van der Waals surface area contributed by atoms with Gasteiger partial charge in [0.05, 0.1) is 47.6 Å². The number of carbonyl (C=O) groups is 1. The summed E-state index contributed by atoms with van der Waals surface area (Å²) in [5.41, 5.74) is -4.45. The van der Waals surface area contributed by atoms with E-state index in [9.17, 15) is 30.3 Å². The van der Waals surface area contributed by atoms with Gasteiger partial charge in [-0.05, 0) is 93.7 Å². The minimum atomic E-state index is -1.81. The van der Waals surface area contributed by atoms with Crippen LogP contribution < -0.4 is 5.32 Å². The molecule has 6 N–H and O–H groups in total. The first-order chi connectivity index (χ1) is 26.0. The van der Waals surface area contributed by atoms with Crippen molar-refractivity contribution in [3.8, 4) is 0 Å². The molecule has 3 heterocycles. The maximum absolute atomic E-state index is 14.4. The molecule has 0 bridgehead atoms. The van der Waals surface area contributed by atoms with E-state index in [1.165, 1.54) is 14.0 Å². The predicted octanol–water partition coefficient (Wildman–Crippen LogP) is 3.12. The van der Waals surface area contributed by atoms with E-state index in [0.717, 1.165) is 25.7 Å². The van der Waals surface area contributed by atoms with Gasteiger partial charge in [0.25, 0.3) is 0 Å². The van der Waals surface area contributed by atoms with Gasteiger partial charge < -0.3 is 64.2 Å². The quantitative estimate of drug-likeness (QED) is 0.187. The van der Waals surface area contributed by atoms with Crippen molar-refractivity contribution in [1.82, 2.24) is 10.2 Å². The van der Waals surface area contributed by atoms with E-state index in [0.29, 0.717) is 6.42 Å². The zero-order valence-electron chi connectivity index (χ0n) is 36.5. The van der Waals surface area contributed by atoms with Crippen molar-refractivity contribution in [1.29, 1.82) is 0 Å². The second kappa shape index (κ2) is 19.1. The summed E-state index contributed by atoms with van der Waals surface area (Å²) in [5, 5.41) is 63.4. The Balaban J connectivity index is 1.85. The van der Waals surface area contributed by atoms with Crippen molar-refractivity contribution in [3.63, 3.8) is 0 Å². The third kappa shape index (κ3) is 10.5. The average Bonchev–Trinajstić information content (AvgIpc) is 3.65. The van der Waals surface area contributed by atoms with Gasteiger partial charge in [0, 0.05) is 43.5 Å². The summed E-state index contributed by atoms with van der Waals surface area (Å²) in [6.45, 7) is 17.9. The minimum Gasteiger partial charge on any atom is -0.459 e. The first-order valence-corrected chi connectivity index (χ1v) is 21.3. The lowest BCUT2D eigenvalue weighted by atomic mass is 9.72. The Labute approximate surface area is 336 Å². The molecule has 0 aromatic rings. The molecule has 2 unspecified atom stereocenters. The van der Waals surface area contributed by atoms with E-state index >= 15 is 0 Å². The van der Waals surface area contributed by atoms with Crippen LogP contribution in [-0.4, -0.2) is 154 Å². The van der Waals surface area contributed by atoms with Crippen LogP contribution in [0.4, 0.5) is 0 Å². The van der Waals surface area contributed by atoms with Crippen LogP contribution in [0.5, 0.6) is 0 Å². The minimum absolute atomic E-state index is 0.135. The standard InChI is InChI=1S/C42H78N2O12/c1-14-30-42(10,50)35(46)24(4)32(43-28-17-15-16-18-28)22(2)20-40(8,49)37(56-39-33(45)29(44(11)12)19-23(3)52-39)25(5)34(26(6)38(48)54-30)55-31-21-41(9,51-13)36(47)27(7)53-31/h22-37,39,43,45-47,49-50H,14-21H2,1-13H3/t22-,23-,24+,25+,26-,27+,29+,30?,31+,32+,33-,34?,35-,36+,37-,39+,40-,41-,42-/m1/s1. The number of nitrogens with one attached hydrogen (secondary N) is 1. The second-order valence-corrected chi connectivity index (χ2v) is 18.9. The molecule has 14 heteroatoms. The highest BCUT2D eigenvalue weighted by Gasteiger charge is 2.54. The van der Waals surface area contributed by atoms with Crippen LogP contribution in [-0.2, 0) is 33.2 Å². The highest BCUT2D eigenvalue weighted by molar-refractivity contribution is 5.73. The van der Waals surface area contributed by atoms with Gasteiger partial charge in [-0.15, -0.1) is 0 Å². The lowest BCUT2D eigenvalue weighted by molar-refractivity contribution is -0.318. The third-order valence-corrected chi connectivity index (χ3v) is 13.9. The lowest BCUT2D eigenvalue weighted by Crippen LogP contribution is -2.62. The van der Waals surface area contributed by atoms with Crippen LogP contribution in [0, 0.1) is 23.7 Å². The first-order valence-electron chi connectivity index (χ1n) is 21.3. The Hall–Kier alpha value is -1.01. The molecule has 4 rings (SSSR count). The topological polar surface area (TPSA) is 189 Å². The fraction of sp³-hybridized carbons (Fsp3) is 0.976. The average molecular weight is 803 g/mol. The summed E-state index contributed by atoms with van der Waals surface area (Å²) >= 11 is 0. The molecule has 1 saturated carbocycles. The van der Waals surface area contributed by atoms with Crippen LogP contribution >= 0.6 is 0 Å². The van der Waals surface area contributed by atoms with Gasteiger partial charge >= 0.3 is 5.97 Å². The van der Waals surface area contributed by atoms with Crippen LogP contribution in [0.3, 0.4) is 0 Å². The summed E-state index contributed by atoms with van der Waals surface area (Å²) in [6.07, 6.45) is -4.14. The molecule has 0 radical (unpaired) electrons. The molecule has 4 fully saturated rings.